The molecule has 2 N–H and O–H groups in total. The second kappa shape index (κ2) is 8.96. The van der Waals surface area contributed by atoms with E-state index in [1.165, 1.54) is 6.20 Å². The zero-order chi connectivity index (χ0) is 20.1. The first-order valence-electron chi connectivity index (χ1n) is 8.49. The number of hydrogen-bond donors (Lipinski definition) is 2. The molecular formula is C18H24ClN5O3. The van der Waals surface area contributed by atoms with E-state index >= 15 is 0 Å². The molecule has 9 heteroatoms. The smallest absolute Gasteiger partial charge is 0.308 e. The highest BCUT2D eigenvalue weighted by atomic mass is 35.5. The Balaban J connectivity index is 1.96. The Kier molecular flexibility index (Phi) is 6.92. The number of carbonyl (C=O) groups excluding carboxylic acids is 1. The van der Waals surface area contributed by atoms with Gasteiger partial charge in [-0.3, -0.25) is 14.3 Å². The van der Waals surface area contributed by atoms with Gasteiger partial charge in [-0.05, 0) is 33.0 Å². The van der Waals surface area contributed by atoms with Gasteiger partial charge in [-0.25, -0.2) is 4.98 Å². The van der Waals surface area contributed by atoms with Crippen LogP contribution in [0, 0.1) is 19.8 Å². The Morgan fingerprint density at radius 3 is 2.59 bits per heavy atom. The Bertz CT molecular complexity index is 819. The van der Waals surface area contributed by atoms with Crippen molar-refractivity contribution in [2.24, 2.45) is 13.0 Å². The minimum absolute atomic E-state index is 0.132. The lowest BCUT2D eigenvalue weighted by atomic mass is 10.0. The number of nitrogens with zero attached hydrogens (tertiary/aromatic N) is 4. The van der Waals surface area contributed by atoms with Gasteiger partial charge in [-0.1, -0.05) is 11.6 Å². The van der Waals surface area contributed by atoms with Crippen LogP contribution in [-0.2, 0) is 23.2 Å². The van der Waals surface area contributed by atoms with E-state index in [1.807, 2.05) is 32.8 Å². The van der Waals surface area contributed by atoms with Crippen LogP contribution in [0.25, 0.3) is 0 Å². The van der Waals surface area contributed by atoms with Crippen molar-refractivity contribution in [3.05, 3.63) is 40.4 Å². The van der Waals surface area contributed by atoms with Crippen molar-refractivity contribution < 1.29 is 14.7 Å². The highest BCUT2D eigenvalue weighted by molar-refractivity contribution is 6.29. The Morgan fingerprint density at radius 1 is 1.37 bits per heavy atom. The summed E-state index contributed by atoms with van der Waals surface area (Å²) in [6.45, 7) is 4.72. The van der Waals surface area contributed by atoms with Crippen LogP contribution in [0.5, 0.6) is 0 Å². The minimum Gasteiger partial charge on any atom is -0.481 e. The molecule has 1 atom stereocenters. The largest absolute Gasteiger partial charge is 0.481 e. The number of anilines is 1. The molecule has 0 aliphatic heterocycles. The molecule has 0 aliphatic rings. The van der Waals surface area contributed by atoms with Crippen LogP contribution in [0.15, 0.2) is 18.3 Å². The first-order chi connectivity index (χ1) is 12.7. The lowest BCUT2D eigenvalue weighted by Gasteiger charge is -2.21. The number of aryl methyl sites for hydroxylation is 2. The second-order valence-corrected chi connectivity index (χ2v) is 7.01. The Labute approximate surface area is 163 Å². The maximum atomic E-state index is 12.2. The van der Waals surface area contributed by atoms with E-state index in [0.717, 1.165) is 17.0 Å². The maximum absolute atomic E-state index is 12.2. The van der Waals surface area contributed by atoms with Crippen molar-refractivity contribution in [3.8, 4) is 0 Å². The molecule has 0 spiro atoms. The third-order valence-electron chi connectivity index (χ3n) is 4.41. The number of carbonyl (C=O) groups is 2. The fourth-order valence-electron chi connectivity index (χ4n) is 2.87. The molecule has 2 heterocycles. The van der Waals surface area contributed by atoms with Gasteiger partial charge in [-0.2, -0.15) is 5.10 Å². The molecule has 0 bridgehead atoms. The highest BCUT2D eigenvalue weighted by Crippen LogP contribution is 2.16. The lowest BCUT2D eigenvalue weighted by Crippen LogP contribution is -2.33. The van der Waals surface area contributed by atoms with Crippen LogP contribution in [0.1, 0.15) is 23.4 Å². The standard InChI is InChI=1S/C18H24ClN5O3/c1-11-15(12(2)24(4)22-11)10-23(3)9-13(18(26)27)7-17(25)21-14-5-6-16(19)20-8-14/h5-6,8,13H,7,9-10H2,1-4H3,(H,21,25)(H,26,27). The van der Waals surface area contributed by atoms with Crippen LogP contribution in [0.4, 0.5) is 5.69 Å². The molecule has 0 saturated carbocycles. The van der Waals surface area contributed by atoms with Gasteiger partial charge in [0.25, 0.3) is 0 Å². The van der Waals surface area contributed by atoms with E-state index in [0.29, 0.717) is 17.4 Å². The number of aromatic nitrogens is 3. The molecule has 146 valence electrons. The molecule has 2 aromatic heterocycles. The number of pyridine rings is 1. The summed E-state index contributed by atoms with van der Waals surface area (Å²) in [6.07, 6.45) is 1.30. The summed E-state index contributed by atoms with van der Waals surface area (Å²) in [4.78, 5) is 29.6. The van der Waals surface area contributed by atoms with Gasteiger partial charge >= 0.3 is 5.97 Å². The number of nitrogens with one attached hydrogen (secondary N) is 1. The van der Waals surface area contributed by atoms with Gasteiger partial charge in [0.05, 0.1) is 23.5 Å². The SMILES string of the molecule is Cc1nn(C)c(C)c1CN(C)CC(CC(=O)Nc1ccc(Cl)nc1)C(=O)O. The zero-order valence-electron chi connectivity index (χ0n) is 15.9. The number of rotatable bonds is 8. The number of hydrogen-bond acceptors (Lipinski definition) is 5. The van der Waals surface area contributed by atoms with E-state index in [-0.39, 0.29) is 18.9 Å². The normalized spacial score (nSPS) is 12.2. The predicted octanol–water partition coefficient (Wildman–Crippen LogP) is 2.25. The predicted molar refractivity (Wildman–Crippen MR) is 103 cm³/mol. The average molecular weight is 394 g/mol. The van der Waals surface area contributed by atoms with Gasteiger partial charge in [0.1, 0.15) is 5.15 Å². The average Bonchev–Trinajstić information content (AvgIpc) is 2.82. The Morgan fingerprint density at radius 2 is 2.07 bits per heavy atom. The van der Waals surface area contributed by atoms with E-state index in [9.17, 15) is 14.7 Å². The summed E-state index contributed by atoms with van der Waals surface area (Å²) in [5.41, 5.74) is 3.50. The first kappa shape index (κ1) is 20.9. The quantitative estimate of drug-likeness (QED) is 0.667. The molecule has 0 radical (unpaired) electrons. The first-order valence-corrected chi connectivity index (χ1v) is 8.87. The number of halogens is 1. The molecule has 0 aliphatic carbocycles. The molecule has 27 heavy (non-hydrogen) atoms. The topological polar surface area (TPSA) is 100 Å². The fourth-order valence-corrected chi connectivity index (χ4v) is 2.98. The fraction of sp³-hybridized carbons (Fsp3) is 0.444. The maximum Gasteiger partial charge on any atom is 0.308 e. The van der Waals surface area contributed by atoms with Crippen molar-refractivity contribution in [2.75, 3.05) is 18.9 Å². The summed E-state index contributed by atoms with van der Waals surface area (Å²) in [5.74, 6) is -2.22. The monoisotopic (exact) mass is 393 g/mol. The van der Waals surface area contributed by atoms with Gasteiger partial charge < -0.3 is 15.3 Å². The number of amides is 1. The summed E-state index contributed by atoms with van der Waals surface area (Å²) < 4.78 is 1.81. The van der Waals surface area contributed by atoms with Crippen molar-refractivity contribution in [1.82, 2.24) is 19.7 Å². The van der Waals surface area contributed by atoms with Crippen LogP contribution < -0.4 is 5.32 Å². The van der Waals surface area contributed by atoms with Crippen molar-refractivity contribution in [2.45, 2.75) is 26.8 Å². The minimum atomic E-state index is -1.01. The Hall–Kier alpha value is -2.45. The van der Waals surface area contributed by atoms with Crippen LogP contribution in [-0.4, -0.2) is 50.2 Å². The van der Waals surface area contributed by atoms with Crippen LogP contribution in [0.2, 0.25) is 5.15 Å². The van der Waals surface area contributed by atoms with Gasteiger partial charge in [0.2, 0.25) is 5.91 Å². The van der Waals surface area contributed by atoms with Crippen LogP contribution >= 0.6 is 11.6 Å². The summed E-state index contributed by atoms with van der Waals surface area (Å²) >= 11 is 5.71. The summed E-state index contributed by atoms with van der Waals surface area (Å²) in [6, 6.07) is 3.17. The molecule has 1 unspecified atom stereocenters. The van der Waals surface area contributed by atoms with Gasteiger partial charge in [-0.15, -0.1) is 0 Å². The van der Waals surface area contributed by atoms with Crippen molar-refractivity contribution in [1.29, 1.82) is 0 Å². The van der Waals surface area contributed by atoms with Gasteiger partial charge in [0, 0.05) is 37.8 Å². The highest BCUT2D eigenvalue weighted by Gasteiger charge is 2.24. The molecule has 8 nitrogen and oxygen atoms in total. The molecule has 2 rings (SSSR count). The third-order valence-corrected chi connectivity index (χ3v) is 4.63. The number of carboxylic acid groups (broad SMARTS) is 1. The lowest BCUT2D eigenvalue weighted by molar-refractivity contribution is -0.144. The van der Waals surface area contributed by atoms with Crippen molar-refractivity contribution in [3.63, 3.8) is 0 Å². The van der Waals surface area contributed by atoms with E-state index in [2.05, 4.69) is 15.4 Å². The number of carboxylic acids is 1. The third kappa shape index (κ3) is 5.77. The molecular weight excluding hydrogens is 370 g/mol. The summed E-state index contributed by atoms with van der Waals surface area (Å²) in [5, 5.41) is 16.8. The number of aliphatic carboxylic acids is 1. The van der Waals surface area contributed by atoms with E-state index in [4.69, 9.17) is 11.6 Å². The molecule has 0 fully saturated rings. The van der Waals surface area contributed by atoms with Crippen LogP contribution in [0.3, 0.4) is 0 Å². The molecule has 1 amide bonds. The summed E-state index contributed by atoms with van der Waals surface area (Å²) in [7, 11) is 3.71. The van der Waals surface area contributed by atoms with E-state index in [1.54, 1.807) is 16.8 Å². The zero-order valence-corrected chi connectivity index (χ0v) is 16.6. The molecule has 0 aromatic carbocycles. The second-order valence-electron chi connectivity index (χ2n) is 6.63. The van der Waals surface area contributed by atoms with Gasteiger partial charge in [0.15, 0.2) is 0 Å². The molecule has 0 saturated heterocycles. The molecule has 2 aromatic rings. The van der Waals surface area contributed by atoms with Crippen molar-refractivity contribution >= 4 is 29.2 Å². The van der Waals surface area contributed by atoms with E-state index < -0.39 is 11.9 Å².